The Bertz CT molecular complexity index is 211. The molecule has 1 atom stereocenters. The van der Waals surface area contributed by atoms with E-state index in [1.165, 1.54) is 12.2 Å². The molecule has 13 heavy (non-hydrogen) atoms. The summed E-state index contributed by atoms with van der Waals surface area (Å²) in [6.45, 7) is 2.20. The van der Waals surface area contributed by atoms with Crippen LogP contribution in [0.1, 0.15) is 25.1 Å². The number of furan rings is 1. The monoisotopic (exact) mass is 199 g/mol. The van der Waals surface area contributed by atoms with Crippen LogP contribution < -0.4 is 5.32 Å². The molecule has 0 aliphatic rings. The average Bonchev–Trinajstić information content (AvgIpc) is 2.65. The molecule has 0 aliphatic heterocycles. The first kappa shape index (κ1) is 10.7. The van der Waals surface area contributed by atoms with E-state index < -0.39 is 0 Å². The Morgan fingerprint density at radius 3 is 3.00 bits per heavy atom. The van der Waals surface area contributed by atoms with Gasteiger partial charge in [-0.2, -0.15) is 11.8 Å². The number of hydrogen-bond acceptors (Lipinski definition) is 3. The van der Waals surface area contributed by atoms with E-state index in [1.54, 1.807) is 6.26 Å². The SMILES string of the molecule is CCCSCC(NC)c1ccco1. The molecule has 0 aliphatic carbocycles. The maximum atomic E-state index is 5.34. The molecular weight excluding hydrogens is 182 g/mol. The Balaban J connectivity index is 2.35. The Morgan fingerprint density at radius 1 is 1.62 bits per heavy atom. The van der Waals surface area contributed by atoms with E-state index in [0.717, 1.165) is 11.5 Å². The van der Waals surface area contributed by atoms with Gasteiger partial charge in [0.25, 0.3) is 0 Å². The van der Waals surface area contributed by atoms with Crippen molar-refractivity contribution in [1.29, 1.82) is 0 Å². The van der Waals surface area contributed by atoms with Crippen LogP contribution in [-0.4, -0.2) is 18.6 Å². The molecule has 0 spiro atoms. The van der Waals surface area contributed by atoms with Crippen LogP contribution in [-0.2, 0) is 0 Å². The van der Waals surface area contributed by atoms with Gasteiger partial charge in [-0.15, -0.1) is 0 Å². The van der Waals surface area contributed by atoms with Crippen LogP contribution in [0, 0.1) is 0 Å². The van der Waals surface area contributed by atoms with Crippen LogP contribution in [0.3, 0.4) is 0 Å². The Morgan fingerprint density at radius 2 is 2.46 bits per heavy atom. The molecule has 0 bridgehead atoms. The van der Waals surface area contributed by atoms with Crippen LogP contribution in [0.5, 0.6) is 0 Å². The summed E-state index contributed by atoms with van der Waals surface area (Å²) in [7, 11) is 1.97. The highest BCUT2D eigenvalue weighted by molar-refractivity contribution is 7.99. The number of nitrogens with one attached hydrogen (secondary N) is 1. The standard InChI is InChI=1S/C10H17NOS/c1-3-7-13-8-9(11-2)10-5-4-6-12-10/h4-6,9,11H,3,7-8H2,1-2H3. The zero-order chi connectivity index (χ0) is 9.52. The second-order valence-corrected chi connectivity index (χ2v) is 4.08. The van der Waals surface area contributed by atoms with Crippen molar-refractivity contribution in [3.05, 3.63) is 24.2 Å². The molecular formula is C10H17NOS. The van der Waals surface area contributed by atoms with Gasteiger partial charge in [-0.1, -0.05) is 6.92 Å². The molecule has 0 saturated heterocycles. The Labute approximate surface area is 84.1 Å². The molecule has 3 heteroatoms. The highest BCUT2D eigenvalue weighted by Gasteiger charge is 2.10. The topological polar surface area (TPSA) is 25.2 Å². The number of hydrogen-bond donors (Lipinski definition) is 1. The van der Waals surface area contributed by atoms with Crippen molar-refractivity contribution in [3.8, 4) is 0 Å². The second-order valence-electron chi connectivity index (χ2n) is 2.93. The maximum absolute atomic E-state index is 5.34. The van der Waals surface area contributed by atoms with Crippen molar-refractivity contribution in [2.24, 2.45) is 0 Å². The second kappa shape index (κ2) is 6.11. The highest BCUT2D eigenvalue weighted by atomic mass is 32.2. The largest absolute Gasteiger partial charge is 0.468 e. The molecule has 2 nitrogen and oxygen atoms in total. The van der Waals surface area contributed by atoms with E-state index in [2.05, 4.69) is 12.2 Å². The fraction of sp³-hybridized carbons (Fsp3) is 0.600. The van der Waals surface area contributed by atoms with Gasteiger partial charge in [0.15, 0.2) is 0 Å². The van der Waals surface area contributed by atoms with Gasteiger partial charge in [0.1, 0.15) is 5.76 Å². The van der Waals surface area contributed by atoms with E-state index in [-0.39, 0.29) is 0 Å². The van der Waals surface area contributed by atoms with E-state index in [0.29, 0.717) is 6.04 Å². The van der Waals surface area contributed by atoms with Crippen molar-refractivity contribution >= 4 is 11.8 Å². The summed E-state index contributed by atoms with van der Waals surface area (Å²) in [5.74, 6) is 3.34. The third kappa shape index (κ3) is 3.44. The lowest BCUT2D eigenvalue weighted by Gasteiger charge is -2.12. The zero-order valence-corrected chi connectivity index (χ0v) is 9.06. The third-order valence-corrected chi connectivity index (χ3v) is 3.13. The number of rotatable bonds is 6. The molecule has 0 aromatic carbocycles. The van der Waals surface area contributed by atoms with E-state index in [9.17, 15) is 0 Å². The van der Waals surface area contributed by atoms with Crippen LogP contribution >= 0.6 is 11.8 Å². The molecule has 1 unspecified atom stereocenters. The minimum absolute atomic E-state index is 0.353. The summed E-state index contributed by atoms with van der Waals surface area (Å²) in [4.78, 5) is 0. The van der Waals surface area contributed by atoms with Gasteiger partial charge in [-0.25, -0.2) is 0 Å². The van der Waals surface area contributed by atoms with Crippen LogP contribution in [0.2, 0.25) is 0 Å². The number of thioether (sulfide) groups is 1. The van der Waals surface area contributed by atoms with E-state index in [4.69, 9.17) is 4.42 Å². The van der Waals surface area contributed by atoms with Crippen LogP contribution in [0.4, 0.5) is 0 Å². The molecule has 1 aromatic heterocycles. The van der Waals surface area contributed by atoms with Gasteiger partial charge in [0.2, 0.25) is 0 Å². The molecule has 0 amide bonds. The Hall–Kier alpha value is -0.410. The maximum Gasteiger partial charge on any atom is 0.121 e. The fourth-order valence-corrected chi connectivity index (χ4v) is 2.16. The molecule has 0 radical (unpaired) electrons. The Kier molecular flexibility index (Phi) is 5.01. The van der Waals surface area contributed by atoms with Crippen LogP contribution in [0.15, 0.2) is 22.8 Å². The first-order valence-corrected chi connectivity index (χ1v) is 5.82. The molecule has 1 heterocycles. The molecule has 1 aromatic rings. The van der Waals surface area contributed by atoms with Gasteiger partial charge in [-0.05, 0) is 31.4 Å². The lowest BCUT2D eigenvalue weighted by atomic mass is 10.2. The fourth-order valence-electron chi connectivity index (χ4n) is 1.14. The first-order chi connectivity index (χ1) is 6.38. The minimum Gasteiger partial charge on any atom is -0.468 e. The summed E-state index contributed by atoms with van der Waals surface area (Å²) in [6, 6.07) is 4.31. The molecule has 0 saturated carbocycles. The molecule has 0 fully saturated rings. The van der Waals surface area contributed by atoms with Gasteiger partial charge in [0, 0.05) is 5.75 Å². The van der Waals surface area contributed by atoms with Crippen LogP contribution in [0.25, 0.3) is 0 Å². The smallest absolute Gasteiger partial charge is 0.121 e. The summed E-state index contributed by atoms with van der Waals surface area (Å²) < 4.78 is 5.34. The molecule has 1 N–H and O–H groups in total. The highest BCUT2D eigenvalue weighted by Crippen LogP contribution is 2.18. The normalized spacial score (nSPS) is 13.1. The summed E-state index contributed by atoms with van der Waals surface area (Å²) >= 11 is 1.96. The predicted octanol–water partition coefficient (Wildman–Crippen LogP) is 2.68. The van der Waals surface area contributed by atoms with Gasteiger partial charge >= 0.3 is 0 Å². The molecule has 1 rings (SSSR count). The van der Waals surface area contributed by atoms with Crippen molar-refractivity contribution in [2.45, 2.75) is 19.4 Å². The van der Waals surface area contributed by atoms with Crippen molar-refractivity contribution in [2.75, 3.05) is 18.6 Å². The van der Waals surface area contributed by atoms with Gasteiger partial charge < -0.3 is 9.73 Å². The van der Waals surface area contributed by atoms with Crippen molar-refractivity contribution in [3.63, 3.8) is 0 Å². The first-order valence-electron chi connectivity index (χ1n) is 4.67. The lowest BCUT2D eigenvalue weighted by Crippen LogP contribution is -2.18. The predicted molar refractivity (Wildman–Crippen MR) is 58.1 cm³/mol. The average molecular weight is 199 g/mol. The summed E-state index contributed by atoms with van der Waals surface area (Å²) in [5.41, 5.74) is 0. The van der Waals surface area contributed by atoms with Crippen molar-refractivity contribution in [1.82, 2.24) is 5.32 Å². The minimum atomic E-state index is 0.353. The van der Waals surface area contributed by atoms with E-state index >= 15 is 0 Å². The van der Waals surface area contributed by atoms with Gasteiger partial charge in [0.05, 0.1) is 12.3 Å². The summed E-state index contributed by atoms with van der Waals surface area (Å²) in [5, 5.41) is 3.25. The zero-order valence-electron chi connectivity index (χ0n) is 8.25. The summed E-state index contributed by atoms with van der Waals surface area (Å²) in [6.07, 6.45) is 2.96. The van der Waals surface area contributed by atoms with Crippen molar-refractivity contribution < 1.29 is 4.42 Å². The van der Waals surface area contributed by atoms with E-state index in [1.807, 2.05) is 30.9 Å². The lowest BCUT2D eigenvalue weighted by molar-refractivity contribution is 0.453. The van der Waals surface area contributed by atoms with Gasteiger partial charge in [-0.3, -0.25) is 0 Å². The third-order valence-electron chi connectivity index (χ3n) is 1.87. The quantitative estimate of drug-likeness (QED) is 0.713. The molecule has 74 valence electrons.